The van der Waals surface area contributed by atoms with E-state index in [1.807, 2.05) is 12.4 Å². The number of hydroxylamine groups is 1. The summed E-state index contributed by atoms with van der Waals surface area (Å²) >= 11 is 0. The lowest BCUT2D eigenvalue weighted by atomic mass is 10.3. The number of carbonyl (C=O) groups is 2. The first-order valence-corrected chi connectivity index (χ1v) is 2.69. The van der Waals surface area contributed by atoms with Crippen LogP contribution in [0.4, 0.5) is 0 Å². The predicted octanol–water partition coefficient (Wildman–Crippen LogP) is -0.00930. The van der Waals surface area contributed by atoms with Crippen molar-refractivity contribution < 1.29 is 14.4 Å². The van der Waals surface area contributed by atoms with E-state index < -0.39 is 0 Å². The standard InChI is InChI=1S/C5H9NO3/c1-2-3-5(8)6-9-4-7/h4H,2-3H2,1H3,(H,6,8). The summed E-state index contributed by atoms with van der Waals surface area (Å²) in [6.45, 7) is 2.04. The largest absolute Gasteiger partial charge is 0.344 e. The van der Waals surface area contributed by atoms with E-state index in [0.717, 1.165) is 6.42 Å². The average molecular weight is 131 g/mol. The van der Waals surface area contributed by atoms with Gasteiger partial charge in [0, 0.05) is 6.42 Å². The molecular weight excluding hydrogens is 122 g/mol. The maximum absolute atomic E-state index is 10.4. The highest BCUT2D eigenvalue weighted by Crippen LogP contribution is 1.83. The third-order valence-corrected chi connectivity index (χ3v) is 0.698. The molecule has 0 radical (unpaired) electrons. The van der Waals surface area contributed by atoms with Gasteiger partial charge in [0.05, 0.1) is 0 Å². The zero-order valence-electron chi connectivity index (χ0n) is 5.22. The molecule has 0 aliphatic heterocycles. The minimum Gasteiger partial charge on any atom is -0.344 e. The molecule has 0 aromatic heterocycles. The van der Waals surface area contributed by atoms with Gasteiger partial charge in [0.2, 0.25) is 0 Å². The molecule has 0 rings (SSSR count). The van der Waals surface area contributed by atoms with E-state index in [9.17, 15) is 9.59 Å². The van der Waals surface area contributed by atoms with E-state index >= 15 is 0 Å². The van der Waals surface area contributed by atoms with Crippen LogP contribution in [0.25, 0.3) is 0 Å². The lowest BCUT2D eigenvalue weighted by Crippen LogP contribution is -2.22. The first-order valence-electron chi connectivity index (χ1n) is 2.69. The van der Waals surface area contributed by atoms with Crippen molar-refractivity contribution in [2.75, 3.05) is 0 Å². The Hall–Kier alpha value is -1.06. The quantitative estimate of drug-likeness (QED) is 0.431. The lowest BCUT2D eigenvalue weighted by Gasteiger charge is -1.96. The van der Waals surface area contributed by atoms with Crippen molar-refractivity contribution in [3.05, 3.63) is 0 Å². The van der Waals surface area contributed by atoms with E-state index in [-0.39, 0.29) is 12.4 Å². The molecule has 0 aliphatic carbocycles. The van der Waals surface area contributed by atoms with Crippen LogP contribution in [0.15, 0.2) is 0 Å². The van der Waals surface area contributed by atoms with Crippen molar-refractivity contribution in [1.82, 2.24) is 5.48 Å². The monoisotopic (exact) mass is 131 g/mol. The summed E-state index contributed by atoms with van der Waals surface area (Å²) in [5, 5.41) is 0. The van der Waals surface area contributed by atoms with Crippen LogP contribution >= 0.6 is 0 Å². The van der Waals surface area contributed by atoms with E-state index in [4.69, 9.17) is 0 Å². The number of hydrogen-bond donors (Lipinski definition) is 1. The Balaban J connectivity index is 3.16. The molecule has 0 aliphatic rings. The third kappa shape index (κ3) is 4.80. The first kappa shape index (κ1) is 7.94. The number of rotatable bonds is 4. The Kier molecular flexibility index (Phi) is 4.49. The van der Waals surface area contributed by atoms with Crippen LogP contribution in [0.5, 0.6) is 0 Å². The van der Waals surface area contributed by atoms with E-state index in [1.165, 1.54) is 0 Å². The van der Waals surface area contributed by atoms with Gasteiger partial charge in [0.15, 0.2) is 0 Å². The fourth-order valence-corrected chi connectivity index (χ4v) is 0.368. The molecule has 0 bridgehead atoms. The number of amides is 1. The third-order valence-electron chi connectivity index (χ3n) is 0.698. The van der Waals surface area contributed by atoms with Crippen molar-refractivity contribution in [2.24, 2.45) is 0 Å². The summed E-state index contributed by atoms with van der Waals surface area (Å²) in [5.74, 6) is -0.274. The van der Waals surface area contributed by atoms with Crippen LogP contribution < -0.4 is 5.48 Å². The molecule has 0 spiro atoms. The molecule has 0 aromatic rings. The van der Waals surface area contributed by atoms with Crippen LogP contribution in [-0.4, -0.2) is 12.4 Å². The molecule has 52 valence electrons. The molecule has 0 unspecified atom stereocenters. The van der Waals surface area contributed by atoms with Gasteiger partial charge in [0.25, 0.3) is 5.91 Å². The van der Waals surface area contributed by atoms with Crippen LogP contribution in [-0.2, 0) is 14.4 Å². The molecular formula is C5H9NO3. The van der Waals surface area contributed by atoms with Gasteiger partial charge < -0.3 is 4.84 Å². The van der Waals surface area contributed by atoms with Crippen LogP contribution in [0.1, 0.15) is 19.8 Å². The van der Waals surface area contributed by atoms with Crippen molar-refractivity contribution in [3.8, 4) is 0 Å². The molecule has 1 N–H and O–H groups in total. The Morgan fingerprint density at radius 1 is 1.78 bits per heavy atom. The van der Waals surface area contributed by atoms with E-state index in [1.54, 1.807) is 0 Å². The molecule has 0 saturated carbocycles. The van der Waals surface area contributed by atoms with Crippen LogP contribution in [0, 0.1) is 0 Å². The Morgan fingerprint density at radius 3 is 2.89 bits per heavy atom. The highest BCUT2D eigenvalue weighted by molar-refractivity contribution is 5.75. The Bertz CT molecular complexity index is 102. The number of hydrogen-bond acceptors (Lipinski definition) is 3. The fraction of sp³-hybridized carbons (Fsp3) is 0.600. The number of carbonyl (C=O) groups excluding carboxylic acids is 2. The molecule has 4 nitrogen and oxygen atoms in total. The summed E-state index contributed by atoms with van der Waals surface area (Å²) in [6.07, 6.45) is 1.13. The lowest BCUT2D eigenvalue weighted by molar-refractivity contribution is -0.146. The molecule has 0 saturated heterocycles. The normalized spacial score (nSPS) is 8.11. The van der Waals surface area contributed by atoms with Gasteiger partial charge in [-0.25, -0.2) is 0 Å². The van der Waals surface area contributed by atoms with Gasteiger partial charge in [0.1, 0.15) is 0 Å². The van der Waals surface area contributed by atoms with Crippen molar-refractivity contribution in [3.63, 3.8) is 0 Å². The van der Waals surface area contributed by atoms with Gasteiger partial charge in [-0.2, -0.15) is 5.48 Å². The minimum absolute atomic E-state index is 0.174. The summed E-state index contributed by atoms with van der Waals surface area (Å²) in [4.78, 5) is 23.9. The van der Waals surface area contributed by atoms with Gasteiger partial charge >= 0.3 is 6.47 Å². The van der Waals surface area contributed by atoms with Crippen LogP contribution in [0.3, 0.4) is 0 Å². The summed E-state index contributed by atoms with van der Waals surface area (Å²) in [6, 6.07) is 0. The zero-order chi connectivity index (χ0) is 7.11. The van der Waals surface area contributed by atoms with Gasteiger partial charge in [-0.05, 0) is 6.42 Å². The van der Waals surface area contributed by atoms with Crippen molar-refractivity contribution >= 4 is 12.4 Å². The van der Waals surface area contributed by atoms with Crippen LogP contribution in [0.2, 0.25) is 0 Å². The number of nitrogens with one attached hydrogen (secondary N) is 1. The molecule has 4 heteroatoms. The van der Waals surface area contributed by atoms with E-state index in [2.05, 4.69) is 4.84 Å². The van der Waals surface area contributed by atoms with Crippen molar-refractivity contribution in [1.29, 1.82) is 0 Å². The topological polar surface area (TPSA) is 55.4 Å². The molecule has 1 amide bonds. The summed E-state index contributed by atoms with van der Waals surface area (Å²) < 4.78 is 0. The average Bonchev–Trinajstić information content (AvgIpc) is 1.85. The second-order valence-electron chi connectivity index (χ2n) is 1.49. The minimum atomic E-state index is -0.274. The Morgan fingerprint density at radius 2 is 2.44 bits per heavy atom. The fourth-order valence-electron chi connectivity index (χ4n) is 0.368. The smallest absolute Gasteiger partial charge is 0.320 e. The second kappa shape index (κ2) is 5.08. The molecule has 9 heavy (non-hydrogen) atoms. The van der Waals surface area contributed by atoms with Gasteiger partial charge in [-0.15, -0.1) is 0 Å². The zero-order valence-corrected chi connectivity index (χ0v) is 5.22. The maximum Gasteiger partial charge on any atom is 0.320 e. The maximum atomic E-state index is 10.4. The second-order valence-corrected chi connectivity index (χ2v) is 1.49. The van der Waals surface area contributed by atoms with Gasteiger partial charge in [-0.3, -0.25) is 9.59 Å². The summed E-state index contributed by atoms with van der Waals surface area (Å²) in [7, 11) is 0. The first-order chi connectivity index (χ1) is 4.31. The SMILES string of the molecule is CCCC(=O)NOC=O. The molecule has 0 heterocycles. The molecule has 0 atom stereocenters. The van der Waals surface area contributed by atoms with E-state index in [0.29, 0.717) is 6.42 Å². The Labute approximate surface area is 53.1 Å². The highest BCUT2D eigenvalue weighted by atomic mass is 16.7. The van der Waals surface area contributed by atoms with Crippen molar-refractivity contribution in [2.45, 2.75) is 19.8 Å². The molecule has 0 fully saturated rings. The summed E-state index contributed by atoms with van der Waals surface area (Å²) in [5.41, 5.74) is 1.93. The predicted molar refractivity (Wildman–Crippen MR) is 30.2 cm³/mol. The van der Waals surface area contributed by atoms with Gasteiger partial charge in [-0.1, -0.05) is 6.92 Å². The highest BCUT2D eigenvalue weighted by Gasteiger charge is 1.95. The molecule has 0 aromatic carbocycles.